The topological polar surface area (TPSA) is 78.9 Å². The summed E-state index contributed by atoms with van der Waals surface area (Å²) in [4.78, 5) is 38.1. The normalized spacial score (nSPS) is 11.9. The van der Waals surface area contributed by atoms with Crippen LogP contribution >= 0.6 is 0 Å². The molecule has 0 unspecified atom stereocenters. The first-order valence-electron chi connectivity index (χ1n) is 29.0. The highest BCUT2D eigenvalue weighted by Crippen LogP contribution is 2.18. The van der Waals surface area contributed by atoms with Gasteiger partial charge in [0.1, 0.15) is 13.2 Å². The first kappa shape index (κ1) is 62.4. The SMILES string of the molecule is CCCCCCCCCCCCCCCCCCCCCC(=O)OC[C@H](COC(=O)CCCCCCCCCCCCCC)OC(=O)CCCCCCCCCCCCCCCCC. The van der Waals surface area contributed by atoms with Gasteiger partial charge in [-0.2, -0.15) is 0 Å². The van der Waals surface area contributed by atoms with Gasteiger partial charge in [-0.25, -0.2) is 0 Å². The van der Waals surface area contributed by atoms with Gasteiger partial charge in [0.25, 0.3) is 0 Å². The van der Waals surface area contributed by atoms with Crippen LogP contribution in [0.25, 0.3) is 0 Å². The molecule has 0 aromatic heterocycles. The molecule has 0 heterocycles. The fourth-order valence-electron chi connectivity index (χ4n) is 8.98. The summed E-state index contributed by atoms with van der Waals surface area (Å²) in [7, 11) is 0. The average Bonchev–Trinajstić information content (AvgIpc) is 3.29. The summed E-state index contributed by atoms with van der Waals surface area (Å²) in [5.74, 6) is -0.833. The second-order valence-electron chi connectivity index (χ2n) is 19.9. The molecule has 0 spiro atoms. The monoisotopic (exact) mass is 905 g/mol. The second-order valence-corrected chi connectivity index (χ2v) is 19.9. The van der Waals surface area contributed by atoms with Crippen molar-refractivity contribution in [1.29, 1.82) is 0 Å². The molecule has 0 aliphatic heterocycles. The highest BCUT2D eigenvalue weighted by molar-refractivity contribution is 5.71. The standard InChI is InChI=1S/C58H112O6/c1-4-7-10-13-16-19-22-25-27-28-29-30-32-33-36-39-42-45-48-51-57(60)63-54-55(53-62-56(59)50-47-44-41-38-35-24-21-18-15-12-9-6-3)64-58(61)52-49-46-43-40-37-34-31-26-23-20-17-14-11-8-5-2/h55H,4-54H2,1-3H3/t55-/m0/s1. The number of carbonyl (C=O) groups is 3. The molecule has 0 radical (unpaired) electrons. The van der Waals surface area contributed by atoms with Gasteiger partial charge >= 0.3 is 17.9 Å². The highest BCUT2D eigenvalue weighted by atomic mass is 16.6. The average molecular weight is 906 g/mol. The minimum Gasteiger partial charge on any atom is -0.462 e. The van der Waals surface area contributed by atoms with E-state index in [9.17, 15) is 14.4 Å². The number of hydrogen-bond acceptors (Lipinski definition) is 6. The zero-order valence-corrected chi connectivity index (χ0v) is 43.6. The number of unbranched alkanes of at least 4 members (excludes halogenated alkanes) is 43. The van der Waals surface area contributed by atoms with Gasteiger partial charge in [0.2, 0.25) is 0 Å². The van der Waals surface area contributed by atoms with Gasteiger partial charge in [-0.1, -0.05) is 297 Å². The van der Waals surface area contributed by atoms with E-state index < -0.39 is 6.10 Å². The fraction of sp³-hybridized carbons (Fsp3) is 0.948. The molecule has 0 N–H and O–H groups in total. The lowest BCUT2D eigenvalue weighted by Crippen LogP contribution is -2.30. The van der Waals surface area contributed by atoms with Crippen molar-refractivity contribution in [2.45, 2.75) is 341 Å². The van der Waals surface area contributed by atoms with E-state index in [4.69, 9.17) is 14.2 Å². The molecule has 1 atom stereocenters. The number of rotatable bonds is 54. The minimum atomic E-state index is -0.760. The van der Waals surface area contributed by atoms with Crippen molar-refractivity contribution < 1.29 is 28.6 Å². The van der Waals surface area contributed by atoms with Gasteiger partial charge in [0.15, 0.2) is 6.10 Å². The maximum atomic E-state index is 12.8. The van der Waals surface area contributed by atoms with Crippen LogP contribution in [0.15, 0.2) is 0 Å². The number of hydrogen-bond donors (Lipinski definition) is 0. The van der Waals surface area contributed by atoms with Crippen molar-refractivity contribution >= 4 is 17.9 Å². The van der Waals surface area contributed by atoms with Gasteiger partial charge in [0, 0.05) is 19.3 Å². The van der Waals surface area contributed by atoms with Crippen molar-refractivity contribution in [2.75, 3.05) is 13.2 Å². The molecule has 6 heteroatoms. The lowest BCUT2D eigenvalue weighted by Gasteiger charge is -2.18. The van der Waals surface area contributed by atoms with Crippen molar-refractivity contribution in [3.05, 3.63) is 0 Å². The van der Waals surface area contributed by atoms with Crippen LogP contribution in [-0.2, 0) is 28.6 Å². The predicted octanol–water partition coefficient (Wildman–Crippen LogP) is 19.2. The lowest BCUT2D eigenvalue weighted by molar-refractivity contribution is -0.167. The Morgan fingerprint density at radius 1 is 0.250 bits per heavy atom. The summed E-state index contributed by atoms with van der Waals surface area (Å²) >= 11 is 0. The van der Waals surface area contributed by atoms with E-state index in [2.05, 4.69) is 20.8 Å². The van der Waals surface area contributed by atoms with Gasteiger partial charge in [-0.3, -0.25) is 14.4 Å². The Bertz CT molecular complexity index is 951. The van der Waals surface area contributed by atoms with Gasteiger partial charge < -0.3 is 14.2 Å². The van der Waals surface area contributed by atoms with Crippen molar-refractivity contribution in [2.24, 2.45) is 0 Å². The third-order valence-electron chi connectivity index (χ3n) is 13.4. The Labute approximate surface area is 399 Å². The molecule has 0 aliphatic rings. The minimum absolute atomic E-state index is 0.0611. The van der Waals surface area contributed by atoms with Crippen LogP contribution in [0, 0.1) is 0 Å². The molecule has 0 bridgehead atoms. The fourth-order valence-corrected chi connectivity index (χ4v) is 8.98. The molecule has 0 saturated carbocycles. The quantitative estimate of drug-likeness (QED) is 0.0344. The summed E-state index contributed by atoms with van der Waals surface area (Å²) in [6.07, 6.45) is 59.5. The van der Waals surface area contributed by atoms with Crippen LogP contribution < -0.4 is 0 Å². The van der Waals surface area contributed by atoms with Crippen molar-refractivity contribution in [1.82, 2.24) is 0 Å². The van der Waals surface area contributed by atoms with E-state index >= 15 is 0 Å². The first-order chi connectivity index (χ1) is 31.5. The van der Waals surface area contributed by atoms with E-state index in [0.29, 0.717) is 19.3 Å². The summed E-state index contributed by atoms with van der Waals surface area (Å²) in [5.41, 5.74) is 0. The molecule has 0 amide bonds. The Balaban J connectivity index is 4.25. The van der Waals surface area contributed by atoms with E-state index in [1.807, 2.05) is 0 Å². The summed E-state index contributed by atoms with van der Waals surface area (Å²) in [6, 6.07) is 0. The Hall–Kier alpha value is -1.59. The molecule has 0 rings (SSSR count). The maximum absolute atomic E-state index is 12.8. The third kappa shape index (κ3) is 51.4. The van der Waals surface area contributed by atoms with E-state index in [1.54, 1.807) is 0 Å². The van der Waals surface area contributed by atoms with Crippen LogP contribution in [0.4, 0.5) is 0 Å². The summed E-state index contributed by atoms with van der Waals surface area (Å²) < 4.78 is 16.9. The molecule has 6 nitrogen and oxygen atoms in total. The zero-order chi connectivity index (χ0) is 46.5. The van der Waals surface area contributed by atoms with E-state index in [-0.39, 0.29) is 31.1 Å². The highest BCUT2D eigenvalue weighted by Gasteiger charge is 2.19. The van der Waals surface area contributed by atoms with Gasteiger partial charge in [-0.05, 0) is 19.3 Å². The second kappa shape index (κ2) is 54.0. The first-order valence-corrected chi connectivity index (χ1v) is 29.0. The summed E-state index contributed by atoms with van der Waals surface area (Å²) in [6.45, 7) is 6.70. The number of ether oxygens (including phenoxy) is 3. The number of esters is 3. The van der Waals surface area contributed by atoms with Crippen LogP contribution in [0.5, 0.6) is 0 Å². The molecular formula is C58H112O6. The molecule has 0 aromatic carbocycles. The van der Waals surface area contributed by atoms with Crippen LogP contribution in [-0.4, -0.2) is 37.2 Å². The molecule has 380 valence electrons. The third-order valence-corrected chi connectivity index (χ3v) is 13.4. The Kier molecular flexibility index (Phi) is 52.7. The number of carbonyl (C=O) groups excluding carboxylic acids is 3. The summed E-state index contributed by atoms with van der Waals surface area (Å²) in [5, 5.41) is 0. The van der Waals surface area contributed by atoms with Crippen molar-refractivity contribution in [3.63, 3.8) is 0 Å². The van der Waals surface area contributed by atoms with E-state index in [0.717, 1.165) is 57.8 Å². The molecule has 0 saturated heterocycles. The zero-order valence-electron chi connectivity index (χ0n) is 43.6. The molecule has 0 aliphatic carbocycles. The van der Waals surface area contributed by atoms with Gasteiger partial charge in [0.05, 0.1) is 0 Å². The van der Waals surface area contributed by atoms with Crippen molar-refractivity contribution in [3.8, 4) is 0 Å². The van der Waals surface area contributed by atoms with Crippen LogP contribution in [0.1, 0.15) is 335 Å². The van der Waals surface area contributed by atoms with E-state index in [1.165, 1.54) is 238 Å². The molecule has 0 aromatic rings. The largest absolute Gasteiger partial charge is 0.462 e. The molecule has 0 fully saturated rings. The Morgan fingerprint density at radius 2 is 0.422 bits per heavy atom. The smallest absolute Gasteiger partial charge is 0.306 e. The van der Waals surface area contributed by atoms with Crippen LogP contribution in [0.3, 0.4) is 0 Å². The Morgan fingerprint density at radius 3 is 0.625 bits per heavy atom. The maximum Gasteiger partial charge on any atom is 0.306 e. The molecule has 64 heavy (non-hydrogen) atoms. The molecular weight excluding hydrogens is 793 g/mol. The lowest BCUT2D eigenvalue weighted by atomic mass is 10.0. The predicted molar refractivity (Wildman–Crippen MR) is 275 cm³/mol. The van der Waals surface area contributed by atoms with Crippen LogP contribution in [0.2, 0.25) is 0 Å². The van der Waals surface area contributed by atoms with Gasteiger partial charge in [-0.15, -0.1) is 0 Å².